The lowest BCUT2D eigenvalue weighted by molar-refractivity contribution is -0.110. The smallest absolute Gasteiger partial charge is 0.287 e. The molecule has 0 saturated carbocycles. The summed E-state index contributed by atoms with van der Waals surface area (Å²) in [5.41, 5.74) is 3.52. The molecule has 2 rings (SSSR count). The number of benzene rings is 2. The first-order valence-corrected chi connectivity index (χ1v) is 6.42. The van der Waals surface area contributed by atoms with Gasteiger partial charge >= 0.3 is 0 Å². The maximum Gasteiger partial charge on any atom is 0.287 e. The van der Waals surface area contributed by atoms with E-state index in [2.05, 4.69) is 15.8 Å². The Kier molecular flexibility index (Phi) is 4.91. The van der Waals surface area contributed by atoms with Crippen molar-refractivity contribution in [3.05, 3.63) is 59.6 Å². The van der Waals surface area contributed by atoms with Gasteiger partial charge in [0.25, 0.3) is 5.91 Å². The van der Waals surface area contributed by atoms with Crippen molar-refractivity contribution in [1.29, 1.82) is 5.26 Å². The highest BCUT2D eigenvalue weighted by Crippen LogP contribution is 2.14. The molecule has 0 saturated heterocycles. The van der Waals surface area contributed by atoms with E-state index in [9.17, 15) is 4.79 Å². The Labute approximate surface area is 126 Å². The highest BCUT2D eigenvalue weighted by molar-refractivity contribution is 6.48. The van der Waals surface area contributed by atoms with Gasteiger partial charge in [0.15, 0.2) is 0 Å². The molecular weight excluding hydrogens is 288 g/mol. The minimum absolute atomic E-state index is 0.279. The van der Waals surface area contributed by atoms with E-state index in [-0.39, 0.29) is 5.71 Å². The maximum atomic E-state index is 11.9. The zero-order chi connectivity index (χ0) is 15.1. The molecule has 0 radical (unpaired) electrons. The van der Waals surface area contributed by atoms with Gasteiger partial charge in [0.05, 0.1) is 5.69 Å². The molecule has 0 aromatic heterocycles. The average Bonchev–Trinajstić information content (AvgIpc) is 2.49. The molecule has 21 heavy (non-hydrogen) atoms. The number of nitrogens with zero attached hydrogens (tertiary/aromatic N) is 2. The van der Waals surface area contributed by atoms with Gasteiger partial charge in [0.2, 0.25) is 5.71 Å². The van der Waals surface area contributed by atoms with Crippen LogP contribution in [0.1, 0.15) is 0 Å². The Hall–Kier alpha value is -2.84. The van der Waals surface area contributed by atoms with Crippen LogP contribution in [0.3, 0.4) is 0 Å². The molecule has 6 heteroatoms. The van der Waals surface area contributed by atoms with Crippen molar-refractivity contribution in [2.75, 3.05) is 10.7 Å². The minimum Gasteiger partial charge on any atom is -0.320 e. The number of hydrogen-bond acceptors (Lipinski definition) is 4. The van der Waals surface area contributed by atoms with Crippen molar-refractivity contribution in [1.82, 2.24) is 0 Å². The molecule has 5 nitrogen and oxygen atoms in total. The summed E-state index contributed by atoms with van der Waals surface area (Å²) >= 11 is 5.83. The van der Waals surface area contributed by atoms with E-state index in [0.29, 0.717) is 16.4 Å². The number of rotatable bonds is 4. The van der Waals surface area contributed by atoms with Crippen molar-refractivity contribution < 1.29 is 4.79 Å². The number of halogens is 1. The first-order valence-electron chi connectivity index (χ1n) is 6.05. The number of hydrogen-bond donors (Lipinski definition) is 2. The number of amides is 1. The normalized spacial score (nSPS) is 10.6. The fourth-order valence-corrected chi connectivity index (χ4v) is 1.71. The summed E-state index contributed by atoms with van der Waals surface area (Å²) in [7, 11) is 0. The Balaban J connectivity index is 2.07. The van der Waals surface area contributed by atoms with Gasteiger partial charge in [-0.3, -0.25) is 10.2 Å². The number of para-hydroxylation sites is 1. The second kappa shape index (κ2) is 7.08. The number of nitrogens with one attached hydrogen (secondary N) is 2. The van der Waals surface area contributed by atoms with E-state index in [0.717, 1.165) is 0 Å². The first kappa shape index (κ1) is 14.6. The van der Waals surface area contributed by atoms with Crippen LogP contribution in [0.5, 0.6) is 0 Å². The number of hydrazone groups is 1. The number of carbonyl (C=O) groups excluding carboxylic acids is 1. The third-order valence-corrected chi connectivity index (χ3v) is 2.71. The molecular formula is C15H11ClN4O. The predicted molar refractivity (Wildman–Crippen MR) is 83.2 cm³/mol. The fraction of sp³-hybridized carbons (Fsp3) is 0. The summed E-state index contributed by atoms with van der Waals surface area (Å²) in [6.45, 7) is 0. The van der Waals surface area contributed by atoms with Crippen LogP contribution in [0.2, 0.25) is 5.02 Å². The molecule has 2 aromatic rings. The van der Waals surface area contributed by atoms with Gasteiger partial charge < -0.3 is 5.32 Å². The van der Waals surface area contributed by atoms with Crippen LogP contribution in [0.15, 0.2) is 59.7 Å². The lowest BCUT2D eigenvalue weighted by atomic mass is 10.3. The predicted octanol–water partition coefficient (Wildman–Crippen LogP) is 3.27. The average molecular weight is 299 g/mol. The van der Waals surface area contributed by atoms with Crippen LogP contribution in [-0.2, 0) is 4.79 Å². The Morgan fingerprint density at radius 2 is 1.81 bits per heavy atom. The van der Waals surface area contributed by atoms with E-state index in [1.165, 1.54) is 0 Å². The third-order valence-electron chi connectivity index (χ3n) is 2.47. The van der Waals surface area contributed by atoms with Crippen LogP contribution in [0, 0.1) is 11.3 Å². The van der Waals surface area contributed by atoms with Gasteiger partial charge in [-0.1, -0.05) is 35.9 Å². The van der Waals surface area contributed by atoms with E-state index in [1.54, 1.807) is 54.6 Å². The lowest BCUT2D eigenvalue weighted by Crippen LogP contribution is -2.22. The summed E-state index contributed by atoms with van der Waals surface area (Å²) in [6.07, 6.45) is 0. The second-order valence-corrected chi connectivity index (χ2v) is 4.45. The van der Waals surface area contributed by atoms with Crippen LogP contribution in [0.25, 0.3) is 0 Å². The Bertz CT molecular complexity index is 707. The van der Waals surface area contributed by atoms with Crippen LogP contribution in [-0.4, -0.2) is 11.6 Å². The topological polar surface area (TPSA) is 77.3 Å². The van der Waals surface area contributed by atoms with E-state index in [1.807, 2.05) is 6.07 Å². The molecule has 2 aromatic carbocycles. The van der Waals surface area contributed by atoms with Gasteiger partial charge in [0, 0.05) is 10.7 Å². The Morgan fingerprint density at radius 3 is 2.48 bits per heavy atom. The molecule has 1 amide bonds. The highest BCUT2D eigenvalue weighted by Gasteiger charge is 2.11. The lowest BCUT2D eigenvalue weighted by Gasteiger charge is -2.04. The largest absolute Gasteiger partial charge is 0.320 e. The molecule has 0 spiro atoms. The van der Waals surface area contributed by atoms with E-state index >= 15 is 0 Å². The molecule has 104 valence electrons. The Morgan fingerprint density at radius 1 is 1.10 bits per heavy atom. The summed E-state index contributed by atoms with van der Waals surface area (Å²) in [5, 5.41) is 15.9. The van der Waals surface area contributed by atoms with Gasteiger partial charge in [-0.05, 0) is 30.3 Å². The van der Waals surface area contributed by atoms with E-state index < -0.39 is 5.91 Å². The number of carbonyl (C=O) groups is 1. The van der Waals surface area contributed by atoms with Gasteiger partial charge in [-0.2, -0.15) is 10.4 Å². The standard InChI is InChI=1S/C15H11ClN4O/c16-11-5-4-8-13(9-11)19-20-14(10-17)15(21)18-12-6-2-1-3-7-12/h1-9,19H,(H,18,21). The van der Waals surface area contributed by atoms with Crippen LogP contribution >= 0.6 is 11.6 Å². The molecule has 0 aliphatic carbocycles. The molecule has 0 heterocycles. The summed E-state index contributed by atoms with van der Waals surface area (Å²) in [4.78, 5) is 11.9. The minimum atomic E-state index is -0.585. The van der Waals surface area contributed by atoms with Crippen LogP contribution < -0.4 is 10.7 Å². The highest BCUT2D eigenvalue weighted by atomic mass is 35.5. The summed E-state index contributed by atoms with van der Waals surface area (Å²) in [6, 6.07) is 17.4. The van der Waals surface area contributed by atoms with Crippen molar-refractivity contribution in [3.8, 4) is 6.07 Å². The summed E-state index contributed by atoms with van der Waals surface area (Å²) in [5.74, 6) is -0.585. The van der Waals surface area contributed by atoms with Crippen molar-refractivity contribution in [2.45, 2.75) is 0 Å². The SMILES string of the molecule is N#CC(=NNc1cccc(Cl)c1)C(=O)Nc1ccccc1. The molecule has 0 aliphatic heterocycles. The first-order chi connectivity index (χ1) is 10.2. The molecule has 0 atom stereocenters. The van der Waals surface area contributed by atoms with E-state index in [4.69, 9.17) is 16.9 Å². The van der Waals surface area contributed by atoms with Gasteiger partial charge in [-0.15, -0.1) is 0 Å². The zero-order valence-corrected chi connectivity index (χ0v) is 11.6. The second-order valence-electron chi connectivity index (χ2n) is 4.01. The maximum absolute atomic E-state index is 11.9. The zero-order valence-electron chi connectivity index (χ0n) is 10.9. The monoisotopic (exact) mass is 298 g/mol. The molecule has 0 aliphatic rings. The molecule has 0 bridgehead atoms. The molecule has 0 fully saturated rings. The number of anilines is 2. The fourth-order valence-electron chi connectivity index (χ4n) is 1.52. The van der Waals surface area contributed by atoms with Crippen LogP contribution in [0.4, 0.5) is 11.4 Å². The number of nitriles is 1. The van der Waals surface area contributed by atoms with Crippen molar-refractivity contribution >= 4 is 34.6 Å². The summed E-state index contributed by atoms with van der Waals surface area (Å²) < 4.78 is 0. The van der Waals surface area contributed by atoms with Crippen molar-refractivity contribution in [2.24, 2.45) is 5.10 Å². The quantitative estimate of drug-likeness (QED) is 0.672. The van der Waals surface area contributed by atoms with Gasteiger partial charge in [-0.25, -0.2) is 0 Å². The molecule has 2 N–H and O–H groups in total. The van der Waals surface area contributed by atoms with Crippen molar-refractivity contribution in [3.63, 3.8) is 0 Å². The third kappa shape index (κ3) is 4.34. The van der Waals surface area contributed by atoms with Gasteiger partial charge in [0.1, 0.15) is 6.07 Å². The molecule has 0 unspecified atom stereocenters.